The van der Waals surface area contributed by atoms with Crippen LogP contribution in [0.25, 0.3) is 0 Å². The maximum absolute atomic E-state index is 13.5. The molecule has 10 heteroatoms. The summed E-state index contributed by atoms with van der Waals surface area (Å²) in [4.78, 5) is 17.2. The Morgan fingerprint density at radius 1 is 1.03 bits per heavy atom. The van der Waals surface area contributed by atoms with Crippen molar-refractivity contribution in [3.63, 3.8) is 0 Å². The molecule has 0 bridgehead atoms. The van der Waals surface area contributed by atoms with Gasteiger partial charge >= 0.3 is 6.18 Å². The molecule has 5 rings (SSSR count). The Labute approximate surface area is 206 Å². The second-order valence-electron chi connectivity index (χ2n) is 9.17. The monoisotopic (exact) mass is 503 g/mol. The topological polar surface area (TPSA) is 71.1 Å². The summed E-state index contributed by atoms with van der Waals surface area (Å²) >= 11 is 0. The number of nitrogens with one attached hydrogen (secondary N) is 1. The van der Waals surface area contributed by atoms with Crippen LogP contribution in [0.2, 0.25) is 0 Å². The van der Waals surface area contributed by atoms with Crippen LogP contribution >= 0.6 is 0 Å². The number of hydrogen-bond donors (Lipinski definition) is 1. The summed E-state index contributed by atoms with van der Waals surface area (Å²) < 4.78 is 56.7. The summed E-state index contributed by atoms with van der Waals surface area (Å²) in [6.07, 6.45) is 0.423. The lowest BCUT2D eigenvalue weighted by Crippen LogP contribution is -2.46. The molecule has 3 aromatic rings. The Bertz CT molecular complexity index is 1160. The summed E-state index contributed by atoms with van der Waals surface area (Å²) in [5, 5.41) is 2.68. The molecule has 0 spiro atoms. The van der Waals surface area contributed by atoms with Crippen molar-refractivity contribution in [3.8, 4) is 0 Å². The van der Waals surface area contributed by atoms with Gasteiger partial charge in [0.15, 0.2) is 5.76 Å². The van der Waals surface area contributed by atoms with Gasteiger partial charge in [0.05, 0.1) is 29.5 Å². The van der Waals surface area contributed by atoms with Crippen molar-refractivity contribution in [1.29, 1.82) is 0 Å². The van der Waals surface area contributed by atoms with Crippen molar-refractivity contribution in [2.24, 2.45) is 0 Å². The lowest BCUT2D eigenvalue weighted by atomic mass is 9.98. The van der Waals surface area contributed by atoms with Crippen LogP contribution in [0.1, 0.15) is 46.2 Å². The van der Waals surface area contributed by atoms with Crippen LogP contribution < -0.4 is 10.2 Å². The molecule has 0 aliphatic carbocycles. The third kappa shape index (κ3) is 5.60. The quantitative estimate of drug-likeness (QED) is 0.489. The van der Waals surface area contributed by atoms with Crippen molar-refractivity contribution in [2.45, 2.75) is 31.5 Å². The standard InChI is InChI=1S/C26H28F3N3O4/c27-26(28,29)20-1-2-22(32-10-8-31(9-11-32)16-18-5-12-35-17-18)21(15-20)30-25(33)24-4-3-23(36-24)19-6-13-34-14-7-19/h1-5,12,15,17,19H,6-11,13-14,16H2,(H,30,33). The van der Waals surface area contributed by atoms with E-state index in [9.17, 15) is 18.0 Å². The highest BCUT2D eigenvalue weighted by molar-refractivity contribution is 6.04. The smallest absolute Gasteiger partial charge is 0.416 e. The number of alkyl halides is 3. The minimum absolute atomic E-state index is 0.0739. The lowest BCUT2D eigenvalue weighted by Gasteiger charge is -2.37. The zero-order valence-electron chi connectivity index (χ0n) is 19.7. The van der Waals surface area contributed by atoms with Crippen molar-refractivity contribution in [3.05, 3.63) is 71.6 Å². The first-order valence-corrected chi connectivity index (χ1v) is 12.1. The van der Waals surface area contributed by atoms with E-state index in [1.807, 2.05) is 11.0 Å². The van der Waals surface area contributed by atoms with E-state index >= 15 is 0 Å². The molecule has 4 heterocycles. The third-order valence-electron chi connectivity index (χ3n) is 6.75. The number of ether oxygens (including phenoxy) is 1. The maximum atomic E-state index is 13.5. The SMILES string of the molecule is O=C(Nc1cc(C(F)(F)F)ccc1N1CCN(Cc2ccoc2)CC1)c1ccc(C2CCOCC2)o1. The van der Waals surface area contributed by atoms with Crippen LogP contribution in [0.5, 0.6) is 0 Å². The van der Waals surface area contributed by atoms with E-state index in [0.717, 1.165) is 50.2 Å². The van der Waals surface area contributed by atoms with E-state index in [-0.39, 0.29) is 17.4 Å². The molecule has 0 unspecified atom stereocenters. The van der Waals surface area contributed by atoms with E-state index in [1.54, 1.807) is 24.7 Å². The molecule has 1 amide bonds. The second kappa shape index (κ2) is 10.4. The molecule has 1 N–H and O–H groups in total. The number of carbonyl (C=O) groups is 1. The van der Waals surface area contributed by atoms with Crippen LogP contribution in [0, 0.1) is 0 Å². The fourth-order valence-electron chi connectivity index (χ4n) is 4.74. The van der Waals surface area contributed by atoms with Gasteiger partial charge in [-0.1, -0.05) is 0 Å². The van der Waals surface area contributed by atoms with Crippen LogP contribution in [-0.4, -0.2) is 50.2 Å². The van der Waals surface area contributed by atoms with E-state index in [0.29, 0.717) is 37.8 Å². The Morgan fingerprint density at radius 2 is 1.81 bits per heavy atom. The van der Waals surface area contributed by atoms with Crippen molar-refractivity contribution < 1.29 is 31.5 Å². The zero-order valence-corrected chi connectivity index (χ0v) is 19.7. The van der Waals surface area contributed by atoms with E-state index in [2.05, 4.69) is 10.2 Å². The second-order valence-corrected chi connectivity index (χ2v) is 9.17. The van der Waals surface area contributed by atoms with Gasteiger partial charge in [-0.25, -0.2) is 0 Å². The maximum Gasteiger partial charge on any atom is 0.416 e. The third-order valence-corrected chi connectivity index (χ3v) is 6.75. The summed E-state index contributed by atoms with van der Waals surface area (Å²) in [5.41, 5.74) is 0.921. The van der Waals surface area contributed by atoms with E-state index in [4.69, 9.17) is 13.6 Å². The van der Waals surface area contributed by atoms with Crippen LogP contribution in [-0.2, 0) is 17.5 Å². The zero-order chi connectivity index (χ0) is 25.1. The molecule has 36 heavy (non-hydrogen) atoms. The molecule has 2 aliphatic rings. The van der Waals surface area contributed by atoms with Gasteiger partial charge in [-0.2, -0.15) is 13.2 Å². The molecule has 2 saturated heterocycles. The first-order chi connectivity index (χ1) is 17.4. The average Bonchev–Trinajstić information content (AvgIpc) is 3.57. The van der Waals surface area contributed by atoms with Gasteiger partial charge in [-0.15, -0.1) is 0 Å². The molecule has 0 radical (unpaired) electrons. The first kappa shape index (κ1) is 24.5. The predicted molar refractivity (Wildman–Crippen MR) is 127 cm³/mol. The minimum atomic E-state index is -4.53. The van der Waals surface area contributed by atoms with E-state index < -0.39 is 17.6 Å². The van der Waals surface area contributed by atoms with Crippen LogP contribution in [0.3, 0.4) is 0 Å². The Kier molecular flexibility index (Phi) is 7.06. The summed E-state index contributed by atoms with van der Waals surface area (Å²) in [6, 6.07) is 8.73. The Balaban J connectivity index is 1.32. The molecule has 2 fully saturated rings. The minimum Gasteiger partial charge on any atom is -0.472 e. The van der Waals surface area contributed by atoms with Gasteiger partial charge in [0.25, 0.3) is 5.91 Å². The van der Waals surface area contributed by atoms with E-state index in [1.165, 1.54) is 6.07 Å². The summed E-state index contributed by atoms with van der Waals surface area (Å²) in [5.74, 6) is 0.362. The van der Waals surface area contributed by atoms with Crippen LogP contribution in [0.15, 0.2) is 57.8 Å². The Morgan fingerprint density at radius 3 is 2.50 bits per heavy atom. The number of carbonyl (C=O) groups excluding carboxylic acids is 1. The molecule has 0 atom stereocenters. The van der Waals surface area contributed by atoms with Crippen molar-refractivity contribution in [1.82, 2.24) is 4.90 Å². The predicted octanol–water partition coefficient (Wildman–Crippen LogP) is 5.36. The van der Waals surface area contributed by atoms with Gasteiger partial charge < -0.3 is 23.8 Å². The van der Waals surface area contributed by atoms with Gasteiger partial charge in [-0.3, -0.25) is 9.69 Å². The highest BCUT2D eigenvalue weighted by Gasteiger charge is 2.32. The Hall–Kier alpha value is -3.24. The number of rotatable bonds is 6. The molecule has 0 saturated carbocycles. The summed E-state index contributed by atoms with van der Waals surface area (Å²) in [6.45, 7) is 4.69. The average molecular weight is 504 g/mol. The molecule has 2 aliphatic heterocycles. The molecule has 7 nitrogen and oxygen atoms in total. The lowest BCUT2D eigenvalue weighted by molar-refractivity contribution is -0.137. The number of hydrogen-bond acceptors (Lipinski definition) is 6. The van der Waals surface area contributed by atoms with Gasteiger partial charge in [0, 0.05) is 57.4 Å². The molecule has 192 valence electrons. The fraction of sp³-hybridized carbons (Fsp3) is 0.423. The summed E-state index contributed by atoms with van der Waals surface area (Å²) in [7, 11) is 0. The largest absolute Gasteiger partial charge is 0.472 e. The number of halogens is 3. The van der Waals surface area contributed by atoms with Crippen LogP contribution in [0.4, 0.5) is 24.5 Å². The first-order valence-electron chi connectivity index (χ1n) is 12.1. The number of anilines is 2. The molecule has 2 aromatic heterocycles. The fourth-order valence-corrected chi connectivity index (χ4v) is 4.74. The number of benzene rings is 1. The van der Waals surface area contributed by atoms with Gasteiger partial charge in [-0.05, 0) is 49.2 Å². The number of furan rings is 2. The highest BCUT2D eigenvalue weighted by Crippen LogP contribution is 2.36. The molecular weight excluding hydrogens is 475 g/mol. The van der Waals surface area contributed by atoms with Gasteiger partial charge in [0.1, 0.15) is 5.76 Å². The normalized spacial score (nSPS) is 17.9. The molecule has 1 aromatic carbocycles. The van der Waals surface area contributed by atoms with Gasteiger partial charge in [0.2, 0.25) is 0 Å². The number of amides is 1. The number of nitrogens with zero attached hydrogens (tertiary/aromatic N) is 2. The van der Waals surface area contributed by atoms with Crippen molar-refractivity contribution in [2.75, 3.05) is 49.6 Å². The number of piperazine rings is 1. The van der Waals surface area contributed by atoms with Crippen molar-refractivity contribution >= 4 is 17.3 Å². The molecular formula is C26H28F3N3O4. The highest BCUT2D eigenvalue weighted by atomic mass is 19.4.